The van der Waals surface area contributed by atoms with Gasteiger partial charge in [-0.05, 0) is 42.3 Å². The van der Waals surface area contributed by atoms with Crippen LogP contribution < -0.4 is 10.1 Å². The van der Waals surface area contributed by atoms with Gasteiger partial charge >= 0.3 is 0 Å². The lowest BCUT2D eigenvalue weighted by atomic mass is 9.84. The first-order valence-corrected chi connectivity index (χ1v) is 17.7. The SMILES string of the molecule is C1=CCC(C2=CC(C3=CC=CC4c5ccccc5OC34)=NC(c3cccc4c3oc3cc(-c5cccc6c5oc5ccccc56)ccc34)N2)C=C1. The molecular formula is C46H32N2O3. The molecule has 5 heteroatoms. The van der Waals surface area contributed by atoms with Gasteiger partial charge in [0.15, 0.2) is 0 Å². The summed E-state index contributed by atoms with van der Waals surface area (Å²) in [6.45, 7) is 0. The highest BCUT2D eigenvalue weighted by atomic mass is 16.5. The molecule has 2 aliphatic heterocycles. The van der Waals surface area contributed by atoms with Crippen molar-refractivity contribution in [3.63, 3.8) is 0 Å². The van der Waals surface area contributed by atoms with Crippen LogP contribution in [-0.4, -0.2) is 11.8 Å². The predicted octanol–water partition coefficient (Wildman–Crippen LogP) is 11.3. The number of ether oxygens (including phenoxy) is 1. The Balaban J connectivity index is 1.02. The summed E-state index contributed by atoms with van der Waals surface area (Å²) in [6, 6.07) is 35.8. The van der Waals surface area contributed by atoms with Gasteiger partial charge in [-0.3, -0.25) is 4.99 Å². The van der Waals surface area contributed by atoms with Crippen molar-refractivity contribution in [1.82, 2.24) is 5.32 Å². The largest absolute Gasteiger partial charge is 0.484 e. The zero-order chi connectivity index (χ0) is 33.5. The van der Waals surface area contributed by atoms with Crippen LogP contribution in [0.4, 0.5) is 0 Å². The van der Waals surface area contributed by atoms with E-state index < -0.39 is 0 Å². The third-order valence-corrected chi connectivity index (χ3v) is 10.8. The summed E-state index contributed by atoms with van der Waals surface area (Å²) >= 11 is 0. The average molecular weight is 661 g/mol. The van der Waals surface area contributed by atoms with Crippen LogP contribution in [0.5, 0.6) is 5.75 Å². The van der Waals surface area contributed by atoms with Crippen molar-refractivity contribution in [3.8, 4) is 16.9 Å². The third-order valence-electron chi connectivity index (χ3n) is 10.8. The maximum atomic E-state index is 6.81. The molecule has 0 bridgehead atoms. The lowest BCUT2D eigenvalue weighted by molar-refractivity contribution is 0.262. The first-order chi connectivity index (χ1) is 25.3. The minimum absolute atomic E-state index is 0.124. The molecule has 0 radical (unpaired) electrons. The van der Waals surface area contributed by atoms with E-state index >= 15 is 0 Å². The average Bonchev–Trinajstić information content (AvgIpc) is 3.89. The summed E-state index contributed by atoms with van der Waals surface area (Å²) in [5.41, 5.74) is 11.0. The fourth-order valence-corrected chi connectivity index (χ4v) is 8.37. The standard InChI is InChI=1S/C46H32N2O3/c1-2-11-27(12-3-1)38-26-39(36-19-9-17-34-31-14-5-7-22-41(31)50-44(34)36)48-46(47-38)37-20-10-18-35-32-24-23-28(25-42(32)51-45(35)37)29-15-8-16-33-30-13-4-6-21-40(30)49-43(29)33/h1-11,13-27,34,44,46-47H,12H2. The molecule has 0 fully saturated rings. The van der Waals surface area contributed by atoms with Gasteiger partial charge in [0, 0.05) is 61.3 Å². The summed E-state index contributed by atoms with van der Waals surface area (Å²) in [7, 11) is 0. The van der Waals surface area contributed by atoms with E-state index in [4.69, 9.17) is 18.6 Å². The number of hydrogen-bond donors (Lipinski definition) is 1. The van der Waals surface area contributed by atoms with Gasteiger partial charge in [0.2, 0.25) is 0 Å². The Morgan fingerprint density at radius 2 is 1.47 bits per heavy atom. The molecule has 244 valence electrons. The summed E-state index contributed by atoms with van der Waals surface area (Å²) in [5, 5.41) is 8.20. The predicted molar refractivity (Wildman–Crippen MR) is 205 cm³/mol. The molecule has 4 heterocycles. The van der Waals surface area contributed by atoms with Gasteiger partial charge in [-0.15, -0.1) is 0 Å². The molecule has 0 spiro atoms. The molecule has 0 saturated heterocycles. The minimum atomic E-state index is -0.346. The number of nitrogens with one attached hydrogen (secondary N) is 1. The highest BCUT2D eigenvalue weighted by molar-refractivity contribution is 6.12. The van der Waals surface area contributed by atoms with Crippen LogP contribution in [0.15, 0.2) is 177 Å². The van der Waals surface area contributed by atoms with Crippen molar-refractivity contribution in [1.29, 1.82) is 0 Å². The van der Waals surface area contributed by atoms with E-state index in [2.05, 4.69) is 139 Å². The summed E-state index contributed by atoms with van der Waals surface area (Å²) in [6.07, 6.45) is 18.0. The van der Waals surface area contributed by atoms with Gasteiger partial charge in [0.1, 0.15) is 40.4 Å². The maximum absolute atomic E-state index is 6.81. The van der Waals surface area contributed by atoms with Gasteiger partial charge in [-0.25, -0.2) is 0 Å². The lowest BCUT2D eigenvalue weighted by Gasteiger charge is -2.31. The highest BCUT2D eigenvalue weighted by Gasteiger charge is 2.39. The molecular weight excluding hydrogens is 629 g/mol. The Bertz CT molecular complexity index is 2770. The molecule has 0 saturated carbocycles. The first kappa shape index (κ1) is 28.5. The monoisotopic (exact) mass is 660 g/mol. The first-order valence-electron chi connectivity index (χ1n) is 17.7. The molecule has 2 aliphatic carbocycles. The van der Waals surface area contributed by atoms with E-state index in [1.54, 1.807) is 0 Å². The van der Waals surface area contributed by atoms with Crippen molar-refractivity contribution < 1.29 is 13.6 Å². The van der Waals surface area contributed by atoms with Crippen molar-refractivity contribution in [2.45, 2.75) is 24.6 Å². The quantitative estimate of drug-likeness (QED) is 0.204. The fourth-order valence-electron chi connectivity index (χ4n) is 8.37. The number of para-hydroxylation sites is 4. The molecule has 2 aromatic heterocycles. The number of benzene rings is 5. The van der Waals surface area contributed by atoms with Crippen molar-refractivity contribution in [2.75, 3.05) is 0 Å². The number of aliphatic imine (C=N–C) groups is 1. The number of allylic oxidation sites excluding steroid dienone is 7. The topological polar surface area (TPSA) is 59.9 Å². The van der Waals surface area contributed by atoms with Crippen LogP contribution in [-0.2, 0) is 0 Å². The second kappa shape index (κ2) is 11.1. The molecule has 5 nitrogen and oxygen atoms in total. The molecule has 51 heavy (non-hydrogen) atoms. The van der Waals surface area contributed by atoms with E-state index in [-0.39, 0.29) is 24.1 Å². The summed E-state index contributed by atoms with van der Waals surface area (Å²) in [5.74, 6) is 1.33. The Morgan fingerprint density at radius 3 is 2.41 bits per heavy atom. The molecule has 0 amide bonds. The zero-order valence-corrected chi connectivity index (χ0v) is 27.6. The van der Waals surface area contributed by atoms with Crippen molar-refractivity contribution >= 4 is 49.6 Å². The normalized spacial score (nSPS) is 22.1. The Kier molecular flexibility index (Phi) is 6.20. The zero-order valence-electron chi connectivity index (χ0n) is 27.6. The van der Waals surface area contributed by atoms with Crippen LogP contribution in [0.25, 0.3) is 55.0 Å². The van der Waals surface area contributed by atoms with Crippen LogP contribution >= 0.6 is 0 Å². The van der Waals surface area contributed by atoms with Crippen molar-refractivity contribution in [3.05, 3.63) is 174 Å². The number of nitrogens with zero attached hydrogens (tertiary/aromatic N) is 1. The maximum Gasteiger partial charge on any atom is 0.148 e. The van der Waals surface area contributed by atoms with Crippen LogP contribution in [0.2, 0.25) is 0 Å². The summed E-state index contributed by atoms with van der Waals surface area (Å²) in [4.78, 5) is 5.42. The Morgan fingerprint density at radius 1 is 0.667 bits per heavy atom. The van der Waals surface area contributed by atoms with Gasteiger partial charge in [-0.1, -0.05) is 121 Å². The van der Waals surface area contributed by atoms with E-state index in [0.29, 0.717) is 0 Å². The number of furan rings is 2. The Labute approximate surface area is 294 Å². The van der Waals surface area contributed by atoms with Gasteiger partial charge < -0.3 is 18.9 Å². The van der Waals surface area contributed by atoms with E-state index in [9.17, 15) is 0 Å². The minimum Gasteiger partial charge on any atom is -0.484 e. The number of fused-ring (bicyclic) bond motifs is 9. The molecule has 1 N–H and O–H groups in total. The molecule has 7 aromatic rings. The van der Waals surface area contributed by atoms with Gasteiger partial charge in [0.25, 0.3) is 0 Å². The van der Waals surface area contributed by atoms with Gasteiger partial charge in [0.05, 0.1) is 5.71 Å². The highest BCUT2D eigenvalue weighted by Crippen LogP contribution is 2.45. The van der Waals surface area contributed by atoms with Crippen LogP contribution in [0.3, 0.4) is 0 Å². The van der Waals surface area contributed by atoms with E-state index in [0.717, 1.165) is 89.7 Å². The molecule has 4 aliphatic rings. The molecule has 4 unspecified atom stereocenters. The second-order valence-corrected chi connectivity index (χ2v) is 13.7. The molecule has 5 aromatic carbocycles. The smallest absolute Gasteiger partial charge is 0.148 e. The Hall–Kier alpha value is -6.33. The molecule has 11 rings (SSSR count). The van der Waals surface area contributed by atoms with E-state index in [1.165, 1.54) is 5.56 Å². The number of rotatable bonds is 4. The van der Waals surface area contributed by atoms with Crippen LogP contribution in [0.1, 0.15) is 29.6 Å². The molecule has 4 atom stereocenters. The second-order valence-electron chi connectivity index (χ2n) is 13.7. The fraction of sp³-hybridized carbons (Fsp3) is 0.109. The van der Waals surface area contributed by atoms with E-state index in [1.807, 2.05) is 18.2 Å². The lowest BCUT2D eigenvalue weighted by Crippen LogP contribution is -2.33. The summed E-state index contributed by atoms with van der Waals surface area (Å²) < 4.78 is 19.8. The third kappa shape index (κ3) is 4.44. The van der Waals surface area contributed by atoms with Crippen molar-refractivity contribution in [2.24, 2.45) is 10.9 Å². The van der Waals surface area contributed by atoms with Crippen LogP contribution in [0, 0.1) is 5.92 Å². The number of hydrogen-bond acceptors (Lipinski definition) is 5. The van der Waals surface area contributed by atoms with Gasteiger partial charge in [-0.2, -0.15) is 0 Å².